The number of nitrogens with zero attached hydrogens (tertiary/aromatic N) is 3. The molecule has 0 fully saturated rings. The van der Waals surface area contributed by atoms with Crippen molar-refractivity contribution in [2.75, 3.05) is 27.2 Å². The number of alkyl halides is 3. The van der Waals surface area contributed by atoms with Crippen molar-refractivity contribution in [1.82, 2.24) is 14.9 Å². The molecule has 0 bridgehead atoms. The van der Waals surface area contributed by atoms with E-state index in [1.54, 1.807) is 6.20 Å². The van der Waals surface area contributed by atoms with Gasteiger partial charge in [0.1, 0.15) is 17.5 Å². The van der Waals surface area contributed by atoms with Gasteiger partial charge in [0.05, 0.1) is 17.9 Å². The van der Waals surface area contributed by atoms with Gasteiger partial charge in [-0.25, -0.2) is 9.78 Å². The summed E-state index contributed by atoms with van der Waals surface area (Å²) in [6.07, 6.45) is -2.50. The van der Waals surface area contributed by atoms with Gasteiger partial charge in [0.2, 0.25) is 0 Å². The third-order valence-corrected chi connectivity index (χ3v) is 5.25. The third-order valence-electron chi connectivity index (χ3n) is 5.25. The van der Waals surface area contributed by atoms with Crippen molar-refractivity contribution in [2.24, 2.45) is 0 Å². The van der Waals surface area contributed by atoms with Crippen LogP contribution in [-0.2, 0) is 4.79 Å². The summed E-state index contributed by atoms with van der Waals surface area (Å²) >= 11 is 0. The molecule has 192 valence electrons. The van der Waals surface area contributed by atoms with Crippen molar-refractivity contribution >= 4 is 17.0 Å². The highest BCUT2D eigenvalue weighted by Gasteiger charge is 2.38. The summed E-state index contributed by atoms with van der Waals surface area (Å²) in [5.74, 6) is -1.90. The molecular weight excluding hydrogens is 485 g/mol. The van der Waals surface area contributed by atoms with E-state index in [0.717, 1.165) is 52.1 Å². The molecule has 2 aromatic heterocycles. The van der Waals surface area contributed by atoms with Gasteiger partial charge in [0.15, 0.2) is 0 Å². The molecule has 0 aliphatic heterocycles. The quantitative estimate of drug-likeness (QED) is 0.308. The van der Waals surface area contributed by atoms with Gasteiger partial charge in [-0.2, -0.15) is 18.4 Å². The predicted octanol–water partition coefficient (Wildman–Crippen LogP) is 5.73. The maximum absolute atomic E-state index is 10.6. The molecule has 0 amide bonds. The number of nitrogens with one attached hydrogen (secondary N) is 1. The van der Waals surface area contributed by atoms with E-state index in [2.05, 4.69) is 59.3 Å². The average molecular weight is 511 g/mol. The summed E-state index contributed by atoms with van der Waals surface area (Å²) in [7, 11) is 4.12. The van der Waals surface area contributed by atoms with E-state index in [0.29, 0.717) is 12.2 Å². The fourth-order valence-corrected chi connectivity index (χ4v) is 3.54. The average Bonchev–Trinajstić information content (AvgIpc) is 3.26. The molecule has 2 N–H and O–H groups in total. The van der Waals surface area contributed by atoms with E-state index >= 15 is 0 Å². The Labute approximate surface area is 211 Å². The highest BCUT2D eigenvalue weighted by atomic mass is 19.4. The molecule has 0 aliphatic rings. The first-order chi connectivity index (χ1) is 17.6. The number of nitriles is 1. The lowest BCUT2D eigenvalue weighted by molar-refractivity contribution is -0.192. The van der Waals surface area contributed by atoms with Gasteiger partial charge in [-0.15, -0.1) is 0 Å². The van der Waals surface area contributed by atoms with Gasteiger partial charge in [-0.05, 0) is 49.8 Å². The SMILES string of the molecule is CN(C)CCCOc1ccc(-c2c(-c3ccccc3)[nH]c3ncc(C#N)cc23)cc1.O=C(O)C(F)(F)F. The number of carboxylic acid groups (broad SMARTS) is 1. The summed E-state index contributed by atoms with van der Waals surface area (Å²) in [6.45, 7) is 1.69. The molecule has 4 aromatic rings. The summed E-state index contributed by atoms with van der Waals surface area (Å²) in [4.78, 5) is 18.9. The fraction of sp³-hybridized carbons (Fsp3) is 0.222. The van der Waals surface area contributed by atoms with Crippen molar-refractivity contribution in [3.8, 4) is 34.2 Å². The van der Waals surface area contributed by atoms with Crippen molar-refractivity contribution in [2.45, 2.75) is 12.6 Å². The molecule has 2 heterocycles. The normalized spacial score (nSPS) is 11.1. The zero-order valence-electron chi connectivity index (χ0n) is 20.2. The molecule has 0 aliphatic carbocycles. The molecule has 0 unspecified atom stereocenters. The summed E-state index contributed by atoms with van der Waals surface area (Å²) in [5, 5.41) is 17.4. The molecule has 2 aromatic carbocycles. The Kier molecular flexibility index (Phi) is 8.87. The minimum absolute atomic E-state index is 0.545. The van der Waals surface area contributed by atoms with E-state index in [-0.39, 0.29) is 0 Å². The molecular formula is C27H25F3N4O3. The standard InChI is InChI=1S/C25H24N4O.C2HF3O2/c1-29(2)13-6-14-30-21-11-9-19(10-12-21)23-22-15-18(16-26)17-27-25(22)28-24(23)20-7-4-3-5-8-20;3-2(4,5)1(6)7/h3-5,7-12,15,17H,6,13-14H2,1-2H3,(H,27,28);(H,6,7). The van der Waals surface area contributed by atoms with Crippen LogP contribution in [0.2, 0.25) is 0 Å². The van der Waals surface area contributed by atoms with Gasteiger partial charge in [-0.3, -0.25) is 0 Å². The lowest BCUT2D eigenvalue weighted by Gasteiger charge is -2.11. The second kappa shape index (κ2) is 12.1. The van der Waals surface area contributed by atoms with Gasteiger partial charge < -0.3 is 19.7 Å². The Bertz CT molecular complexity index is 1380. The largest absolute Gasteiger partial charge is 0.494 e. The van der Waals surface area contributed by atoms with Crippen LogP contribution in [0.5, 0.6) is 5.75 Å². The molecule has 4 rings (SSSR count). The minimum atomic E-state index is -5.08. The number of rotatable bonds is 7. The van der Waals surface area contributed by atoms with Crippen LogP contribution in [0, 0.1) is 11.3 Å². The molecule has 0 radical (unpaired) electrons. The summed E-state index contributed by atoms with van der Waals surface area (Å²) in [5.41, 5.74) is 5.48. The van der Waals surface area contributed by atoms with E-state index in [1.807, 2.05) is 36.4 Å². The van der Waals surface area contributed by atoms with Crippen LogP contribution >= 0.6 is 0 Å². The molecule has 0 spiro atoms. The van der Waals surface area contributed by atoms with E-state index in [4.69, 9.17) is 14.6 Å². The third kappa shape index (κ3) is 7.32. The topological polar surface area (TPSA) is 102 Å². The van der Waals surface area contributed by atoms with Crippen molar-refractivity contribution < 1.29 is 27.8 Å². The lowest BCUT2D eigenvalue weighted by Crippen LogP contribution is -2.21. The fourth-order valence-electron chi connectivity index (χ4n) is 3.54. The maximum atomic E-state index is 10.6. The number of carbonyl (C=O) groups is 1. The number of aliphatic carboxylic acids is 1. The number of ether oxygens (including phenoxy) is 1. The summed E-state index contributed by atoms with van der Waals surface area (Å²) in [6, 6.07) is 22.4. The highest BCUT2D eigenvalue weighted by Crippen LogP contribution is 2.38. The minimum Gasteiger partial charge on any atom is -0.494 e. The number of aromatic amines is 1. The van der Waals surface area contributed by atoms with Crippen LogP contribution in [0.3, 0.4) is 0 Å². The van der Waals surface area contributed by atoms with Crippen LogP contribution in [-0.4, -0.2) is 59.4 Å². The Morgan fingerprint density at radius 1 is 1.11 bits per heavy atom. The highest BCUT2D eigenvalue weighted by molar-refractivity contribution is 6.02. The van der Waals surface area contributed by atoms with Crippen molar-refractivity contribution in [3.05, 3.63) is 72.4 Å². The van der Waals surface area contributed by atoms with Crippen LogP contribution in [0.25, 0.3) is 33.4 Å². The molecule has 7 nitrogen and oxygen atoms in total. The van der Waals surface area contributed by atoms with Gasteiger partial charge in [0.25, 0.3) is 0 Å². The number of H-pyrrole nitrogens is 1. The summed E-state index contributed by atoms with van der Waals surface area (Å²) < 4.78 is 37.6. The number of hydrogen-bond donors (Lipinski definition) is 2. The first-order valence-electron chi connectivity index (χ1n) is 11.3. The molecule has 37 heavy (non-hydrogen) atoms. The molecule has 0 saturated heterocycles. The van der Waals surface area contributed by atoms with E-state index < -0.39 is 12.1 Å². The zero-order chi connectivity index (χ0) is 27.0. The Balaban J connectivity index is 0.000000479. The predicted molar refractivity (Wildman–Crippen MR) is 134 cm³/mol. The lowest BCUT2D eigenvalue weighted by atomic mass is 9.98. The molecule has 10 heteroatoms. The van der Waals surface area contributed by atoms with Crippen molar-refractivity contribution in [3.63, 3.8) is 0 Å². The number of pyridine rings is 1. The Hall–Kier alpha value is -4.36. The second-order valence-electron chi connectivity index (χ2n) is 8.31. The second-order valence-corrected chi connectivity index (χ2v) is 8.31. The van der Waals surface area contributed by atoms with Gasteiger partial charge in [-0.1, -0.05) is 42.5 Å². The zero-order valence-corrected chi connectivity index (χ0v) is 20.2. The number of benzene rings is 2. The van der Waals surface area contributed by atoms with E-state index in [9.17, 15) is 18.4 Å². The van der Waals surface area contributed by atoms with Crippen molar-refractivity contribution in [1.29, 1.82) is 5.26 Å². The number of fused-ring (bicyclic) bond motifs is 1. The smallest absolute Gasteiger partial charge is 0.490 e. The number of hydrogen-bond acceptors (Lipinski definition) is 5. The van der Waals surface area contributed by atoms with E-state index in [1.165, 1.54) is 0 Å². The molecule has 0 atom stereocenters. The van der Waals surface area contributed by atoms with Crippen LogP contribution in [0.1, 0.15) is 12.0 Å². The maximum Gasteiger partial charge on any atom is 0.490 e. The number of halogens is 3. The Morgan fingerprint density at radius 3 is 2.32 bits per heavy atom. The van der Waals surface area contributed by atoms with Crippen LogP contribution < -0.4 is 4.74 Å². The van der Waals surface area contributed by atoms with Gasteiger partial charge >= 0.3 is 12.1 Å². The Morgan fingerprint density at radius 2 is 1.76 bits per heavy atom. The number of aromatic nitrogens is 2. The van der Waals surface area contributed by atoms with Crippen LogP contribution in [0.4, 0.5) is 13.2 Å². The first-order valence-corrected chi connectivity index (χ1v) is 11.3. The van der Waals surface area contributed by atoms with Gasteiger partial charge in [0, 0.05) is 23.7 Å². The van der Waals surface area contributed by atoms with Crippen LogP contribution in [0.15, 0.2) is 66.9 Å². The first kappa shape index (κ1) is 27.2. The monoisotopic (exact) mass is 510 g/mol. The molecule has 0 saturated carbocycles. The number of carboxylic acids is 1.